The van der Waals surface area contributed by atoms with Gasteiger partial charge in [0, 0.05) is 0 Å². The highest BCUT2D eigenvalue weighted by molar-refractivity contribution is 6.34. The quantitative estimate of drug-likeness (QED) is 0.770. The van der Waals surface area contributed by atoms with Crippen LogP contribution in [0.4, 0.5) is 29.3 Å². The molecule has 0 saturated carbocycles. The van der Waals surface area contributed by atoms with Crippen LogP contribution in [0.15, 0.2) is 42.5 Å². The summed E-state index contributed by atoms with van der Waals surface area (Å²) in [7, 11) is 0. The maximum atomic E-state index is 12.9. The third kappa shape index (κ3) is 3.71. The number of alkyl halides is 3. The zero-order chi connectivity index (χ0) is 16.3. The molecule has 116 valence electrons. The molecule has 2 aromatic carbocycles. The number of rotatable bonds is 2. The second-order valence-electron chi connectivity index (χ2n) is 4.55. The number of halogens is 4. The van der Waals surface area contributed by atoms with Crippen LogP contribution >= 0.6 is 11.6 Å². The molecule has 0 unspecified atom stereocenters. The number of nitrogens with one attached hydrogen (secondary N) is 2. The van der Waals surface area contributed by atoms with Crippen LogP contribution < -0.4 is 10.6 Å². The topological polar surface area (TPSA) is 41.1 Å². The molecule has 0 saturated heterocycles. The van der Waals surface area contributed by atoms with Gasteiger partial charge in [-0.05, 0) is 30.7 Å². The van der Waals surface area contributed by atoms with Crippen molar-refractivity contribution in [3.05, 3.63) is 58.6 Å². The molecule has 2 rings (SSSR count). The average molecular weight is 329 g/mol. The highest BCUT2D eigenvalue weighted by atomic mass is 35.5. The molecular weight excluding hydrogens is 317 g/mol. The molecule has 0 aliphatic rings. The Bertz CT molecular complexity index is 681. The minimum absolute atomic E-state index is 0.305. The maximum Gasteiger partial charge on any atom is 0.418 e. The standard InChI is InChI=1S/C15H12ClF3N2O/c1-9-5-4-7-11(16)13(9)21-14(22)20-12-8-3-2-6-10(12)15(17,18)19/h2-8H,1H3,(H2,20,21,22). The normalized spacial score (nSPS) is 11.1. The largest absolute Gasteiger partial charge is 0.418 e. The van der Waals surface area contributed by atoms with Gasteiger partial charge >= 0.3 is 12.2 Å². The average Bonchev–Trinajstić information content (AvgIpc) is 2.42. The molecule has 0 spiro atoms. The molecule has 2 amide bonds. The van der Waals surface area contributed by atoms with Gasteiger partial charge in [-0.3, -0.25) is 0 Å². The minimum atomic E-state index is -4.55. The summed E-state index contributed by atoms with van der Waals surface area (Å²) in [6.07, 6.45) is -4.55. The van der Waals surface area contributed by atoms with Crippen molar-refractivity contribution < 1.29 is 18.0 Å². The van der Waals surface area contributed by atoms with E-state index in [1.165, 1.54) is 18.2 Å². The number of hydrogen-bond acceptors (Lipinski definition) is 1. The lowest BCUT2D eigenvalue weighted by molar-refractivity contribution is -0.136. The highest BCUT2D eigenvalue weighted by Gasteiger charge is 2.33. The van der Waals surface area contributed by atoms with Gasteiger partial charge in [0.15, 0.2) is 0 Å². The van der Waals surface area contributed by atoms with Gasteiger partial charge in [-0.15, -0.1) is 0 Å². The number of amides is 2. The summed E-state index contributed by atoms with van der Waals surface area (Å²) in [6, 6.07) is 8.96. The van der Waals surface area contributed by atoms with Gasteiger partial charge in [-0.2, -0.15) is 13.2 Å². The van der Waals surface area contributed by atoms with Crippen LogP contribution in [0.3, 0.4) is 0 Å². The Morgan fingerprint density at radius 1 is 1.05 bits per heavy atom. The predicted octanol–water partition coefficient (Wildman–Crippen LogP) is 5.31. The summed E-state index contributed by atoms with van der Waals surface area (Å²) in [6.45, 7) is 1.73. The van der Waals surface area contributed by atoms with Crippen LogP contribution in [0.5, 0.6) is 0 Å². The molecule has 0 atom stereocenters. The molecule has 22 heavy (non-hydrogen) atoms. The zero-order valence-electron chi connectivity index (χ0n) is 11.5. The first-order valence-corrected chi connectivity index (χ1v) is 6.66. The van der Waals surface area contributed by atoms with E-state index >= 15 is 0 Å². The second-order valence-corrected chi connectivity index (χ2v) is 4.96. The number of para-hydroxylation sites is 2. The van der Waals surface area contributed by atoms with Gasteiger partial charge in [0.05, 0.1) is 22.0 Å². The van der Waals surface area contributed by atoms with Gasteiger partial charge in [0.25, 0.3) is 0 Å². The van der Waals surface area contributed by atoms with Gasteiger partial charge in [0.2, 0.25) is 0 Å². The first-order chi connectivity index (χ1) is 10.3. The molecule has 2 N–H and O–H groups in total. The fourth-order valence-electron chi connectivity index (χ4n) is 1.90. The molecule has 0 aromatic heterocycles. The number of anilines is 2. The Balaban J connectivity index is 2.20. The van der Waals surface area contributed by atoms with Crippen molar-refractivity contribution in [3.63, 3.8) is 0 Å². The molecule has 0 aliphatic heterocycles. The van der Waals surface area contributed by atoms with E-state index in [4.69, 9.17) is 11.6 Å². The smallest absolute Gasteiger partial charge is 0.307 e. The summed E-state index contributed by atoms with van der Waals surface area (Å²) in [5, 5.41) is 4.95. The van der Waals surface area contributed by atoms with Gasteiger partial charge < -0.3 is 10.6 Å². The van der Waals surface area contributed by atoms with Gasteiger partial charge in [0.1, 0.15) is 0 Å². The Hall–Kier alpha value is -2.21. The van der Waals surface area contributed by atoms with E-state index in [0.29, 0.717) is 16.3 Å². The summed E-state index contributed by atoms with van der Waals surface area (Å²) in [5.41, 5.74) is -0.184. The van der Waals surface area contributed by atoms with Crippen molar-refractivity contribution in [1.29, 1.82) is 0 Å². The van der Waals surface area contributed by atoms with Crippen molar-refractivity contribution >= 4 is 29.0 Å². The molecule has 0 bridgehead atoms. The van der Waals surface area contributed by atoms with Crippen LogP contribution in [0, 0.1) is 6.92 Å². The predicted molar refractivity (Wildman–Crippen MR) is 80.3 cm³/mol. The van der Waals surface area contributed by atoms with Crippen LogP contribution in [-0.4, -0.2) is 6.03 Å². The van der Waals surface area contributed by atoms with E-state index in [9.17, 15) is 18.0 Å². The molecule has 0 aliphatic carbocycles. The summed E-state index contributed by atoms with van der Waals surface area (Å²) >= 11 is 5.96. The van der Waals surface area contributed by atoms with E-state index in [1.54, 1.807) is 25.1 Å². The lowest BCUT2D eigenvalue weighted by atomic mass is 10.1. The van der Waals surface area contributed by atoms with Crippen molar-refractivity contribution in [1.82, 2.24) is 0 Å². The minimum Gasteiger partial charge on any atom is -0.307 e. The molecule has 0 heterocycles. The first-order valence-electron chi connectivity index (χ1n) is 6.28. The second kappa shape index (κ2) is 6.27. The number of urea groups is 1. The van der Waals surface area contributed by atoms with Crippen LogP contribution in [-0.2, 0) is 6.18 Å². The summed E-state index contributed by atoms with van der Waals surface area (Å²) in [4.78, 5) is 11.9. The SMILES string of the molecule is Cc1cccc(Cl)c1NC(=O)Nc1ccccc1C(F)(F)F. The lowest BCUT2D eigenvalue weighted by Gasteiger charge is -2.15. The fourth-order valence-corrected chi connectivity index (χ4v) is 2.17. The van der Waals surface area contributed by atoms with Gasteiger partial charge in [-0.1, -0.05) is 35.9 Å². The third-order valence-corrected chi connectivity index (χ3v) is 3.26. The monoisotopic (exact) mass is 328 g/mol. The lowest BCUT2D eigenvalue weighted by Crippen LogP contribution is -2.22. The molecule has 7 heteroatoms. The maximum absolute atomic E-state index is 12.9. The molecule has 0 fully saturated rings. The van der Waals surface area contributed by atoms with Crippen LogP contribution in [0.2, 0.25) is 5.02 Å². The summed E-state index contributed by atoms with van der Waals surface area (Å²) in [5.74, 6) is 0. The number of aryl methyl sites for hydroxylation is 1. The number of carbonyl (C=O) groups excluding carboxylic acids is 1. The molecular formula is C15H12ClF3N2O. The first kappa shape index (κ1) is 16.2. The molecule has 2 aromatic rings. The van der Waals surface area contributed by atoms with E-state index in [-0.39, 0.29) is 5.69 Å². The van der Waals surface area contributed by atoms with E-state index in [1.807, 2.05) is 0 Å². The Morgan fingerprint density at radius 2 is 1.73 bits per heavy atom. The van der Waals surface area contributed by atoms with Crippen molar-refractivity contribution in [3.8, 4) is 0 Å². The van der Waals surface area contributed by atoms with Crippen molar-refractivity contribution in [2.75, 3.05) is 10.6 Å². The highest BCUT2D eigenvalue weighted by Crippen LogP contribution is 2.34. The third-order valence-electron chi connectivity index (χ3n) is 2.94. The summed E-state index contributed by atoms with van der Waals surface area (Å²) < 4.78 is 38.6. The Morgan fingerprint density at radius 3 is 2.36 bits per heavy atom. The molecule has 3 nitrogen and oxygen atoms in total. The Kier molecular flexibility index (Phi) is 4.61. The number of hydrogen-bond donors (Lipinski definition) is 2. The molecule has 0 radical (unpaired) electrons. The fraction of sp³-hybridized carbons (Fsp3) is 0.133. The Labute approximate surface area is 130 Å². The van der Waals surface area contributed by atoms with E-state index in [2.05, 4.69) is 10.6 Å². The van der Waals surface area contributed by atoms with Gasteiger partial charge in [-0.25, -0.2) is 4.79 Å². The van der Waals surface area contributed by atoms with Crippen LogP contribution in [0.1, 0.15) is 11.1 Å². The van der Waals surface area contributed by atoms with E-state index < -0.39 is 17.8 Å². The number of carbonyl (C=O) groups is 1. The van der Waals surface area contributed by atoms with Crippen molar-refractivity contribution in [2.24, 2.45) is 0 Å². The van der Waals surface area contributed by atoms with Crippen LogP contribution in [0.25, 0.3) is 0 Å². The zero-order valence-corrected chi connectivity index (χ0v) is 12.2. The number of benzene rings is 2. The van der Waals surface area contributed by atoms with Crippen molar-refractivity contribution in [2.45, 2.75) is 13.1 Å². The van der Waals surface area contributed by atoms with E-state index in [0.717, 1.165) is 6.07 Å².